The molecule has 0 heterocycles. The van der Waals surface area contributed by atoms with Crippen LogP contribution in [0.1, 0.15) is 13.8 Å². The highest BCUT2D eigenvalue weighted by Gasteiger charge is 2.06. The molecule has 0 aliphatic heterocycles. The molecule has 16 heavy (non-hydrogen) atoms. The lowest BCUT2D eigenvalue weighted by Gasteiger charge is -2.18. The van der Waals surface area contributed by atoms with E-state index in [-0.39, 0.29) is 18.4 Å². The molecule has 96 valence electrons. The fourth-order valence-electron chi connectivity index (χ4n) is 0.322. The van der Waals surface area contributed by atoms with Crippen molar-refractivity contribution in [2.75, 3.05) is 20.3 Å². The van der Waals surface area contributed by atoms with Crippen LogP contribution in [-0.4, -0.2) is 47.1 Å². The molecule has 7 heteroatoms. The van der Waals surface area contributed by atoms with Crippen molar-refractivity contribution in [3.05, 3.63) is 12.7 Å². The van der Waals surface area contributed by atoms with Crippen LogP contribution >= 0.6 is 7.60 Å². The monoisotopic (exact) mass is 253 g/mol. The van der Waals surface area contributed by atoms with E-state index >= 15 is 0 Å². The summed E-state index contributed by atoms with van der Waals surface area (Å²) in [7, 11) is 0.0221. The summed E-state index contributed by atoms with van der Waals surface area (Å²) in [5.74, 6) is -0.388. The number of carbonyl (C=O) groups excluding carboxylic acids is 1. The minimum Gasteiger partial charge on any atom is -0.444 e. The Kier molecular flexibility index (Phi) is 9.37. The Hall–Kier alpha value is -0.680. The van der Waals surface area contributed by atoms with E-state index in [2.05, 4.69) is 6.58 Å². The predicted octanol–water partition coefficient (Wildman–Crippen LogP) is 0.807. The summed E-state index contributed by atoms with van der Waals surface area (Å²) in [6.45, 7) is 6.52. The third-order valence-corrected chi connectivity index (χ3v) is 2.42. The summed E-state index contributed by atoms with van der Waals surface area (Å²) in [4.78, 5) is 28.2. The normalized spacial score (nSPS) is 12.4. The van der Waals surface area contributed by atoms with Gasteiger partial charge in [0.05, 0.1) is 0 Å². The van der Waals surface area contributed by atoms with Gasteiger partial charge in [-0.3, -0.25) is 9.46 Å². The molecule has 0 amide bonds. The standard InChI is InChI=1S/C7H13NO2.C2H7O3P/c1-5-7(9)10-6(2)8(3)4;1-2-6(3,4)5/h5-6H,1H2,2-4H3;2H2,1H3,(H2,3,4,5). The van der Waals surface area contributed by atoms with E-state index in [1.54, 1.807) is 11.8 Å². The molecule has 1 atom stereocenters. The van der Waals surface area contributed by atoms with E-state index in [0.29, 0.717) is 0 Å². The first kappa shape index (κ1) is 17.7. The zero-order valence-electron chi connectivity index (χ0n) is 10.1. The highest BCUT2D eigenvalue weighted by molar-refractivity contribution is 7.51. The Morgan fingerprint density at radius 2 is 1.94 bits per heavy atom. The molecule has 0 bridgehead atoms. The SMILES string of the molecule is C=CC(=O)OC(C)N(C)C.CCP(=O)(O)O. The molecule has 0 radical (unpaired) electrons. The lowest BCUT2D eigenvalue weighted by molar-refractivity contribution is -0.149. The highest BCUT2D eigenvalue weighted by Crippen LogP contribution is 2.32. The van der Waals surface area contributed by atoms with Crippen LogP contribution in [0.2, 0.25) is 0 Å². The molecule has 0 saturated heterocycles. The van der Waals surface area contributed by atoms with E-state index < -0.39 is 7.60 Å². The molecule has 0 aromatic heterocycles. The number of ether oxygens (including phenoxy) is 1. The van der Waals surface area contributed by atoms with Gasteiger partial charge in [-0.2, -0.15) is 0 Å². The van der Waals surface area contributed by atoms with Gasteiger partial charge < -0.3 is 14.5 Å². The van der Waals surface area contributed by atoms with Gasteiger partial charge in [0.15, 0.2) is 6.23 Å². The summed E-state index contributed by atoms with van der Waals surface area (Å²) in [5, 5.41) is 0. The van der Waals surface area contributed by atoms with Gasteiger partial charge in [-0.1, -0.05) is 13.5 Å². The molecule has 0 fully saturated rings. The van der Waals surface area contributed by atoms with Crippen LogP contribution in [-0.2, 0) is 14.1 Å². The molecular weight excluding hydrogens is 233 g/mol. The summed E-state index contributed by atoms with van der Waals surface area (Å²) < 4.78 is 14.5. The van der Waals surface area contributed by atoms with Crippen LogP contribution < -0.4 is 0 Å². The maximum atomic E-state index is 10.6. The van der Waals surface area contributed by atoms with E-state index in [9.17, 15) is 9.36 Å². The van der Waals surface area contributed by atoms with E-state index in [1.165, 1.54) is 6.92 Å². The largest absolute Gasteiger partial charge is 0.444 e. The minimum atomic E-state index is -3.65. The van der Waals surface area contributed by atoms with Crippen molar-refractivity contribution < 1.29 is 23.9 Å². The number of esters is 1. The van der Waals surface area contributed by atoms with Crippen molar-refractivity contribution in [1.82, 2.24) is 4.90 Å². The zero-order chi connectivity index (χ0) is 13.4. The van der Waals surface area contributed by atoms with Crippen LogP contribution in [0.5, 0.6) is 0 Å². The summed E-state index contributed by atoms with van der Waals surface area (Å²) >= 11 is 0. The summed E-state index contributed by atoms with van der Waals surface area (Å²) in [5.41, 5.74) is 0. The third kappa shape index (κ3) is 13.3. The molecule has 0 aliphatic rings. The van der Waals surface area contributed by atoms with Crippen LogP contribution in [0.3, 0.4) is 0 Å². The second-order valence-electron chi connectivity index (χ2n) is 3.18. The van der Waals surface area contributed by atoms with Crippen LogP contribution in [0.15, 0.2) is 12.7 Å². The van der Waals surface area contributed by atoms with E-state index in [0.717, 1.165) is 6.08 Å². The molecule has 6 nitrogen and oxygen atoms in total. The van der Waals surface area contributed by atoms with Crippen molar-refractivity contribution in [1.29, 1.82) is 0 Å². The van der Waals surface area contributed by atoms with Gasteiger partial charge in [-0.15, -0.1) is 0 Å². The molecule has 1 unspecified atom stereocenters. The molecule has 0 spiro atoms. The summed E-state index contributed by atoms with van der Waals surface area (Å²) in [6.07, 6.45) is 0.901. The van der Waals surface area contributed by atoms with E-state index in [4.69, 9.17) is 14.5 Å². The number of nitrogens with zero attached hydrogens (tertiary/aromatic N) is 1. The van der Waals surface area contributed by atoms with Crippen molar-refractivity contribution in [2.45, 2.75) is 20.1 Å². The lowest BCUT2D eigenvalue weighted by atomic mass is 10.6. The predicted molar refractivity (Wildman–Crippen MR) is 62.0 cm³/mol. The van der Waals surface area contributed by atoms with Crippen LogP contribution in [0.25, 0.3) is 0 Å². The van der Waals surface area contributed by atoms with Gasteiger partial charge in [-0.05, 0) is 21.0 Å². The second-order valence-corrected chi connectivity index (χ2v) is 5.15. The van der Waals surface area contributed by atoms with Crippen molar-refractivity contribution >= 4 is 13.6 Å². The zero-order valence-corrected chi connectivity index (χ0v) is 11.0. The molecule has 2 N–H and O–H groups in total. The Balaban J connectivity index is 0. The fourth-order valence-corrected chi connectivity index (χ4v) is 0.322. The van der Waals surface area contributed by atoms with E-state index in [1.807, 2.05) is 14.1 Å². The van der Waals surface area contributed by atoms with Gasteiger partial charge in [0.25, 0.3) is 0 Å². The van der Waals surface area contributed by atoms with Gasteiger partial charge in [-0.25, -0.2) is 4.79 Å². The topological polar surface area (TPSA) is 87.1 Å². The van der Waals surface area contributed by atoms with Crippen molar-refractivity contribution in [3.8, 4) is 0 Å². The van der Waals surface area contributed by atoms with Gasteiger partial charge >= 0.3 is 13.6 Å². The van der Waals surface area contributed by atoms with Crippen LogP contribution in [0, 0.1) is 0 Å². The number of hydrogen-bond acceptors (Lipinski definition) is 4. The second kappa shape index (κ2) is 8.47. The summed E-state index contributed by atoms with van der Waals surface area (Å²) in [6, 6.07) is 0. The molecule has 0 aromatic rings. The van der Waals surface area contributed by atoms with Gasteiger partial charge in [0, 0.05) is 12.2 Å². The fraction of sp³-hybridized carbons (Fsp3) is 0.667. The average Bonchev–Trinajstić information content (AvgIpc) is 2.17. The first-order valence-electron chi connectivity index (χ1n) is 4.68. The molecule has 0 aromatic carbocycles. The van der Waals surface area contributed by atoms with Crippen molar-refractivity contribution in [2.24, 2.45) is 0 Å². The molecule has 0 aliphatic carbocycles. The molecular formula is C9H20NO5P. The maximum absolute atomic E-state index is 10.6. The molecule has 0 saturated carbocycles. The first-order chi connectivity index (χ1) is 7.14. The number of carbonyl (C=O) groups is 1. The highest BCUT2D eigenvalue weighted by atomic mass is 31.2. The minimum absolute atomic E-state index is 0.0625. The Bertz CT molecular complexity index is 261. The van der Waals surface area contributed by atoms with Gasteiger partial charge in [0.2, 0.25) is 0 Å². The number of hydrogen-bond donors (Lipinski definition) is 2. The quantitative estimate of drug-likeness (QED) is 0.333. The Morgan fingerprint density at radius 3 is 2.12 bits per heavy atom. The molecule has 0 rings (SSSR count). The van der Waals surface area contributed by atoms with Crippen molar-refractivity contribution in [3.63, 3.8) is 0 Å². The average molecular weight is 253 g/mol. The smallest absolute Gasteiger partial charge is 0.331 e. The Morgan fingerprint density at radius 1 is 1.56 bits per heavy atom. The Labute approximate surface area is 96.1 Å². The number of rotatable bonds is 4. The van der Waals surface area contributed by atoms with Crippen LogP contribution in [0.4, 0.5) is 0 Å². The first-order valence-corrected chi connectivity index (χ1v) is 6.47. The lowest BCUT2D eigenvalue weighted by Crippen LogP contribution is -2.29. The maximum Gasteiger partial charge on any atom is 0.331 e. The third-order valence-electron chi connectivity index (χ3n) is 1.59. The van der Waals surface area contributed by atoms with Gasteiger partial charge in [0.1, 0.15) is 0 Å².